The van der Waals surface area contributed by atoms with Gasteiger partial charge in [0.05, 0.1) is 23.0 Å². The molecular weight excluding hydrogens is 363 g/mol. The van der Waals surface area contributed by atoms with Crippen LogP contribution in [-0.4, -0.2) is 10.9 Å². The van der Waals surface area contributed by atoms with E-state index in [0.717, 1.165) is 16.6 Å². The summed E-state index contributed by atoms with van der Waals surface area (Å²) in [5.74, 6) is -0.135. The van der Waals surface area contributed by atoms with Crippen molar-refractivity contribution in [3.8, 4) is 0 Å². The molecule has 0 saturated heterocycles. The molecule has 2 heterocycles. The number of halogens is 1. The van der Waals surface area contributed by atoms with Gasteiger partial charge < -0.3 is 4.42 Å². The van der Waals surface area contributed by atoms with Gasteiger partial charge in [-0.2, -0.15) is 0 Å². The summed E-state index contributed by atoms with van der Waals surface area (Å²) in [6, 6.07) is 15.3. The summed E-state index contributed by atoms with van der Waals surface area (Å²) in [7, 11) is 0. The van der Waals surface area contributed by atoms with Gasteiger partial charge >= 0.3 is 0 Å². The molecule has 0 spiro atoms. The normalized spacial score (nSPS) is 11.0. The second kappa shape index (κ2) is 7.32. The number of carbonyl (C=O) groups excluding carboxylic acids is 1. The molecule has 0 atom stereocenters. The Morgan fingerprint density at radius 3 is 2.81 bits per heavy atom. The lowest BCUT2D eigenvalue weighted by Crippen LogP contribution is -2.30. The lowest BCUT2D eigenvalue weighted by Gasteiger charge is -2.18. The van der Waals surface area contributed by atoms with Crippen LogP contribution >= 0.6 is 11.3 Å². The quantitative estimate of drug-likeness (QED) is 0.463. The molecule has 0 radical (unpaired) electrons. The average Bonchev–Trinajstić information content (AvgIpc) is 3.34. The Balaban J connectivity index is 1.76. The first-order valence-electron chi connectivity index (χ1n) is 8.63. The van der Waals surface area contributed by atoms with Crippen molar-refractivity contribution in [3.05, 3.63) is 83.6 Å². The standard InChI is InChI=1S/C21H17FN2O2S/c1-2-14-8-9-18-19(11-14)27-21(23-18)24(13-17-7-4-10-26-17)20(25)15-5-3-6-16(22)12-15/h3-12H,2,13H2,1H3. The monoisotopic (exact) mass is 380 g/mol. The van der Waals surface area contributed by atoms with Crippen LogP contribution in [0.25, 0.3) is 10.2 Å². The van der Waals surface area contributed by atoms with Crippen molar-refractivity contribution in [1.82, 2.24) is 4.98 Å². The number of fused-ring (bicyclic) bond motifs is 1. The molecule has 0 unspecified atom stereocenters. The maximum Gasteiger partial charge on any atom is 0.260 e. The predicted octanol–water partition coefficient (Wildman–Crippen LogP) is 5.44. The highest BCUT2D eigenvalue weighted by molar-refractivity contribution is 7.22. The number of thiazole rings is 1. The number of rotatable bonds is 5. The number of nitrogens with zero attached hydrogens (tertiary/aromatic N) is 2. The molecule has 4 nitrogen and oxygen atoms in total. The minimum absolute atomic E-state index is 0.225. The maximum absolute atomic E-state index is 13.6. The SMILES string of the molecule is CCc1ccc2nc(N(Cc3ccco3)C(=O)c3cccc(F)c3)sc2c1. The fourth-order valence-corrected chi connectivity index (χ4v) is 3.88. The number of furan rings is 1. The number of benzene rings is 2. The first-order valence-corrected chi connectivity index (χ1v) is 9.45. The Morgan fingerprint density at radius 2 is 2.07 bits per heavy atom. The van der Waals surface area contributed by atoms with Crippen molar-refractivity contribution in [2.24, 2.45) is 0 Å². The van der Waals surface area contributed by atoms with Crippen LogP contribution < -0.4 is 4.90 Å². The largest absolute Gasteiger partial charge is 0.467 e. The molecule has 0 N–H and O–H groups in total. The van der Waals surface area contributed by atoms with Gasteiger partial charge in [0.25, 0.3) is 5.91 Å². The third-order valence-corrected chi connectivity index (χ3v) is 5.33. The summed E-state index contributed by atoms with van der Waals surface area (Å²) in [6.07, 6.45) is 2.49. The number of carbonyl (C=O) groups is 1. The molecule has 27 heavy (non-hydrogen) atoms. The number of aromatic nitrogens is 1. The van der Waals surface area contributed by atoms with Crippen molar-refractivity contribution in [1.29, 1.82) is 0 Å². The molecule has 0 fully saturated rings. The highest BCUT2D eigenvalue weighted by Crippen LogP contribution is 2.31. The number of aryl methyl sites for hydroxylation is 1. The molecule has 136 valence electrons. The Morgan fingerprint density at radius 1 is 1.19 bits per heavy atom. The minimum Gasteiger partial charge on any atom is -0.467 e. The van der Waals surface area contributed by atoms with Gasteiger partial charge in [-0.25, -0.2) is 9.37 Å². The predicted molar refractivity (Wildman–Crippen MR) is 105 cm³/mol. The van der Waals surface area contributed by atoms with Crippen LogP contribution in [0.15, 0.2) is 65.3 Å². The highest BCUT2D eigenvalue weighted by atomic mass is 32.1. The van der Waals surface area contributed by atoms with Crippen molar-refractivity contribution in [3.63, 3.8) is 0 Å². The topological polar surface area (TPSA) is 46.3 Å². The van der Waals surface area contributed by atoms with E-state index in [1.54, 1.807) is 24.5 Å². The third-order valence-electron chi connectivity index (χ3n) is 4.29. The molecule has 0 bridgehead atoms. The number of hydrogen-bond acceptors (Lipinski definition) is 4. The molecule has 2 aromatic heterocycles. The van der Waals surface area contributed by atoms with E-state index >= 15 is 0 Å². The van der Waals surface area contributed by atoms with Gasteiger partial charge in [0.15, 0.2) is 5.13 Å². The van der Waals surface area contributed by atoms with E-state index in [4.69, 9.17) is 4.42 Å². The van der Waals surface area contributed by atoms with Gasteiger partial charge in [-0.3, -0.25) is 9.69 Å². The van der Waals surface area contributed by atoms with Crippen molar-refractivity contribution in [2.75, 3.05) is 4.90 Å². The summed E-state index contributed by atoms with van der Waals surface area (Å²) >= 11 is 1.44. The van der Waals surface area contributed by atoms with E-state index in [1.165, 1.54) is 40.0 Å². The number of amides is 1. The number of hydrogen-bond donors (Lipinski definition) is 0. The summed E-state index contributed by atoms with van der Waals surface area (Å²) in [4.78, 5) is 19.3. The van der Waals surface area contributed by atoms with Crippen LogP contribution in [0.3, 0.4) is 0 Å². The molecule has 4 aromatic rings. The van der Waals surface area contributed by atoms with Crippen LogP contribution in [0, 0.1) is 5.82 Å². The maximum atomic E-state index is 13.6. The molecule has 0 aliphatic carbocycles. The van der Waals surface area contributed by atoms with E-state index in [-0.39, 0.29) is 18.0 Å². The summed E-state index contributed by atoms with van der Waals surface area (Å²) in [5, 5.41) is 0.559. The smallest absolute Gasteiger partial charge is 0.260 e. The molecule has 1 amide bonds. The van der Waals surface area contributed by atoms with Gasteiger partial charge in [-0.15, -0.1) is 0 Å². The van der Waals surface area contributed by atoms with Gasteiger partial charge in [-0.05, 0) is 54.4 Å². The van der Waals surface area contributed by atoms with Gasteiger partial charge in [0.1, 0.15) is 11.6 Å². The Bertz CT molecular complexity index is 1090. The fourth-order valence-electron chi connectivity index (χ4n) is 2.85. The zero-order chi connectivity index (χ0) is 18.8. The highest BCUT2D eigenvalue weighted by Gasteiger charge is 2.23. The van der Waals surface area contributed by atoms with Crippen LogP contribution in [0.4, 0.5) is 9.52 Å². The molecular formula is C21H17FN2O2S. The molecule has 0 saturated carbocycles. The van der Waals surface area contributed by atoms with Crippen molar-refractivity contribution < 1.29 is 13.6 Å². The van der Waals surface area contributed by atoms with E-state index in [9.17, 15) is 9.18 Å². The second-order valence-corrected chi connectivity index (χ2v) is 7.14. The molecule has 6 heteroatoms. The van der Waals surface area contributed by atoms with Crippen LogP contribution in [-0.2, 0) is 13.0 Å². The van der Waals surface area contributed by atoms with Crippen LogP contribution in [0.1, 0.15) is 28.6 Å². The third kappa shape index (κ3) is 3.61. The van der Waals surface area contributed by atoms with Crippen LogP contribution in [0.5, 0.6) is 0 Å². The molecule has 2 aromatic carbocycles. The van der Waals surface area contributed by atoms with E-state index < -0.39 is 5.82 Å². The van der Waals surface area contributed by atoms with Crippen LogP contribution in [0.2, 0.25) is 0 Å². The Kier molecular flexibility index (Phi) is 4.73. The van der Waals surface area contributed by atoms with Crippen molar-refractivity contribution >= 4 is 32.6 Å². The van der Waals surface area contributed by atoms with Gasteiger partial charge in [0.2, 0.25) is 0 Å². The van der Waals surface area contributed by atoms with E-state index in [2.05, 4.69) is 18.0 Å². The fraction of sp³-hybridized carbons (Fsp3) is 0.143. The second-order valence-electron chi connectivity index (χ2n) is 6.13. The zero-order valence-corrected chi connectivity index (χ0v) is 15.5. The Hall–Kier alpha value is -2.99. The van der Waals surface area contributed by atoms with Gasteiger partial charge in [0, 0.05) is 5.56 Å². The lowest BCUT2D eigenvalue weighted by molar-refractivity contribution is 0.0983. The first kappa shape index (κ1) is 17.4. The minimum atomic E-state index is -0.448. The molecule has 0 aliphatic rings. The lowest BCUT2D eigenvalue weighted by atomic mass is 10.2. The molecule has 4 rings (SSSR count). The average molecular weight is 380 g/mol. The number of anilines is 1. The van der Waals surface area contributed by atoms with Crippen molar-refractivity contribution in [2.45, 2.75) is 19.9 Å². The van der Waals surface area contributed by atoms with E-state index in [0.29, 0.717) is 10.9 Å². The van der Waals surface area contributed by atoms with Gasteiger partial charge in [-0.1, -0.05) is 30.4 Å². The first-order chi connectivity index (χ1) is 13.1. The summed E-state index contributed by atoms with van der Waals surface area (Å²) < 4.78 is 20.0. The summed E-state index contributed by atoms with van der Waals surface area (Å²) in [6.45, 7) is 2.32. The Labute approximate surface area is 159 Å². The van der Waals surface area contributed by atoms with E-state index in [1.807, 2.05) is 12.1 Å². The zero-order valence-electron chi connectivity index (χ0n) is 14.7. The molecule has 0 aliphatic heterocycles. The summed E-state index contributed by atoms with van der Waals surface area (Å²) in [5.41, 5.74) is 2.32.